The molecule has 0 radical (unpaired) electrons. The van der Waals surface area contributed by atoms with Crippen LogP contribution in [0.25, 0.3) is 0 Å². The molecule has 0 bridgehead atoms. The summed E-state index contributed by atoms with van der Waals surface area (Å²) in [5.41, 5.74) is 0. The number of hydrogen-bond acceptors (Lipinski definition) is 5. The molecule has 1 aliphatic carbocycles. The van der Waals surface area contributed by atoms with E-state index >= 15 is 0 Å². The Morgan fingerprint density at radius 3 is 2.67 bits per heavy atom. The number of carbonyl (C=O) groups excluding carboxylic acids is 1. The monoisotopic (exact) mass is 355 g/mol. The van der Waals surface area contributed by atoms with Crippen molar-refractivity contribution in [2.24, 2.45) is 5.92 Å². The fourth-order valence-corrected chi connectivity index (χ4v) is 4.60. The maximum Gasteiger partial charge on any atom is 0.326 e. The molecule has 2 heterocycles. The van der Waals surface area contributed by atoms with Crippen molar-refractivity contribution in [3.8, 4) is 0 Å². The normalized spacial score (nSPS) is 27.0. The van der Waals surface area contributed by atoms with Gasteiger partial charge in [0, 0.05) is 12.3 Å². The minimum absolute atomic E-state index is 0.00567. The van der Waals surface area contributed by atoms with Gasteiger partial charge in [-0.3, -0.25) is 4.79 Å². The van der Waals surface area contributed by atoms with Crippen LogP contribution < -0.4 is 0 Å². The number of hydrogen-bond donors (Lipinski definition) is 1. The molecule has 0 unspecified atom stereocenters. The Morgan fingerprint density at radius 2 is 2.00 bits per heavy atom. The molecule has 7 nitrogen and oxygen atoms in total. The second-order valence-electron chi connectivity index (χ2n) is 6.75. The maximum absolute atomic E-state index is 12.8. The van der Waals surface area contributed by atoms with E-state index in [4.69, 9.17) is 4.42 Å². The van der Waals surface area contributed by atoms with Gasteiger partial charge in [0.15, 0.2) is 15.6 Å². The fraction of sp³-hybridized carbons (Fsp3) is 0.625. The molecule has 132 valence electrons. The quantitative estimate of drug-likeness (QED) is 0.881. The lowest BCUT2D eigenvalue weighted by Crippen LogP contribution is -2.46. The lowest BCUT2D eigenvalue weighted by Gasteiger charge is -2.32. The average Bonchev–Trinajstić information content (AvgIpc) is 3.09. The van der Waals surface area contributed by atoms with E-state index in [-0.39, 0.29) is 29.2 Å². The third kappa shape index (κ3) is 3.33. The van der Waals surface area contributed by atoms with Crippen LogP contribution in [0.1, 0.15) is 48.4 Å². The Balaban J connectivity index is 1.85. The van der Waals surface area contributed by atoms with Gasteiger partial charge in [0.1, 0.15) is 17.6 Å². The molecule has 3 rings (SSSR count). The standard InChI is InChI=1S/C16H21NO6S/c1-24(21,22)9-11-6-7-14(23-11)15(18)17-12-5-3-2-4-10(12)8-13(17)16(19)20/h6-7,10,12-13H,2-5,8-9H2,1H3,(H,19,20)/t10-,12-,13-/m0/s1. The third-order valence-corrected chi connectivity index (χ3v) is 5.69. The van der Waals surface area contributed by atoms with Crippen LogP contribution in [0.4, 0.5) is 0 Å². The minimum Gasteiger partial charge on any atom is -0.480 e. The Labute approximate surface area is 140 Å². The summed E-state index contributed by atoms with van der Waals surface area (Å²) in [6, 6.07) is 1.97. The van der Waals surface area contributed by atoms with Gasteiger partial charge < -0.3 is 14.4 Å². The smallest absolute Gasteiger partial charge is 0.326 e. The zero-order valence-corrected chi connectivity index (χ0v) is 14.3. The number of fused-ring (bicyclic) bond motifs is 1. The number of nitrogens with zero attached hydrogens (tertiary/aromatic N) is 1. The first-order valence-electron chi connectivity index (χ1n) is 8.08. The van der Waals surface area contributed by atoms with Gasteiger partial charge in [-0.15, -0.1) is 0 Å². The molecule has 3 atom stereocenters. The van der Waals surface area contributed by atoms with Crippen molar-refractivity contribution in [1.82, 2.24) is 4.90 Å². The Hall–Kier alpha value is -1.83. The number of likely N-dealkylation sites (tertiary alicyclic amines) is 1. The minimum atomic E-state index is -3.26. The number of carboxylic acid groups (broad SMARTS) is 1. The van der Waals surface area contributed by atoms with E-state index in [1.54, 1.807) is 0 Å². The summed E-state index contributed by atoms with van der Waals surface area (Å²) < 4.78 is 28.0. The second-order valence-corrected chi connectivity index (χ2v) is 8.89. The van der Waals surface area contributed by atoms with Gasteiger partial charge in [-0.25, -0.2) is 13.2 Å². The molecule has 1 aromatic heterocycles. The summed E-state index contributed by atoms with van der Waals surface area (Å²) in [4.78, 5) is 25.8. The van der Waals surface area contributed by atoms with Crippen molar-refractivity contribution >= 4 is 21.7 Å². The van der Waals surface area contributed by atoms with Gasteiger partial charge in [-0.2, -0.15) is 0 Å². The molecule has 1 saturated heterocycles. The van der Waals surface area contributed by atoms with Crippen LogP contribution in [0.3, 0.4) is 0 Å². The van der Waals surface area contributed by atoms with Crippen LogP contribution in [0, 0.1) is 5.92 Å². The molecule has 24 heavy (non-hydrogen) atoms. The van der Waals surface area contributed by atoms with Crippen LogP contribution >= 0.6 is 0 Å². The predicted octanol–water partition coefficient (Wildman–Crippen LogP) is 1.68. The summed E-state index contributed by atoms with van der Waals surface area (Å²) in [7, 11) is -3.26. The van der Waals surface area contributed by atoms with Crippen LogP contribution in [0.2, 0.25) is 0 Å². The summed E-state index contributed by atoms with van der Waals surface area (Å²) in [5.74, 6) is -1.33. The number of furan rings is 1. The summed E-state index contributed by atoms with van der Waals surface area (Å²) >= 11 is 0. The molecule has 1 amide bonds. The van der Waals surface area contributed by atoms with Gasteiger partial charge >= 0.3 is 5.97 Å². The van der Waals surface area contributed by atoms with Crippen LogP contribution in [-0.2, 0) is 20.4 Å². The number of sulfone groups is 1. The molecule has 2 aliphatic rings. The fourth-order valence-electron chi connectivity index (χ4n) is 3.93. The van der Waals surface area contributed by atoms with E-state index in [9.17, 15) is 23.1 Å². The molecule has 0 spiro atoms. The van der Waals surface area contributed by atoms with Crippen molar-refractivity contribution in [2.45, 2.75) is 49.9 Å². The summed E-state index contributed by atoms with van der Waals surface area (Å²) in [5, 5.41) is 9.48. The van der Waals surface area contributed by atoms with Crippen molar-refractivity contribution in [3.05, 3.63) is 23.7 Å². The molecular formula is C16H21NO6S. The van der Waals surface area contributed by atoms with Crippen molar-refractivity contribution < 1.29 is 27.5 Å². The first kappa shape index (κ1) is 17.0. The topological polar surface area (TPSA) is 105 Å². The lowest BCUT2D eigenvalue weighted by atomic mass is 9.84. The van der Waals surface area contributed by atoms with E-state index in [0.717, 1.165) is 31.9 Å². The molecular weight excluding hydrogens is 334 g/mol. The van der Waals surface area contributed by atoms with Crippen LogP contribution in [0.15, 0.2) is 16.5 Å². The number of carboxylic acids is 1. The molecule has 8 heteroatoms. The maximum atomic E-state index is 12.8. The molecule has 0 aromatic carbocycles. The van der Waals surface area contributed by atoms with Gasteiger partial charge in [-0.1, -0.05) is 12.8 Å². The number of carbonyl (C=O) groups is 2. The van der Waals surface area contributed by atoms with Crippen molar-refractivity contribution in [1.29, 1.82) is 0 Å². The summed E-state index contributed by atoms with van der Waals surface area (Å²) in [6.07, 6.45) is 5.35. The van der Waals surface area contributed by atoms with Gasteiger partial charge in [0.2, 0.25) is 0 Å². The van der Waals surface area contributed by atoms with Crippen molar-refractivity contribution in [2.75, 3.05) is 6.26 Å². The highest BCUT2D eigenvalue weighted by atomic mass is 32.2. The van der Waals surface area contributed by atoms with Gasteiger partial charge in [-0.05, 0) is 37.3 Å². The van der Waals surface area contributed by atoms with Gasteiger partial charge in [0.05, 0.1) is 0 Å². The SMILES string of the molecule is CS(=O)(=O)Cc1ccc(C(=O)N2[C@H](C(=O)O)C[C@@H]3CCCC[C@@H]32)o1. The Bertz CT molecular complexity index is 752. The van der Waals surface area contributed by atoms with Crippen LogP contribution in [0.5, 0.6) is 0 Å². The zero-order chi connectivity index (χ0) is 17.5. The average molecular weight is 355 g/mol. The lowest BCUT2D eigenvalue weighted by molar-refractivity contribution is -0.141. The van der Waals surface area contributed by atoms with E-state index in [1.165, 1.54) is 17.0 Å². The molecule has 2 fully saturated rings. The first-order chi connectivity index (χ1) is 11.3. The number of amides is 1. The second kappa shape index (κ2) is 6.23. The van der Waals surface area contributed by atoms with Crippen molar-refractivity contribution in [3.63, 3.8) is 0 Å². The molecule has 1 N–H and O–H groups in total. The zero-order valence-electron chi connectivity index (χ0n) is 13.5. The highest BCUT2D eigenvalue weighted by molar-refractivity contribution is 7.89. The van der Waals surface area contributed by atoms with E-state index in [1.807, 2.05) is 0 Å². The Kier molecular flexibility index (Phi) is 4.42. The summed E-state index contributed by atoms with van der Waals surface area (Å²) in [6.45, 7) is 0. The molecule has 1 aromatic rings. The largest absolute Gasteiger partial charge is 0.480 e. The van der Waals surface area contributed by atoms with E-state index < -0.39 is 27.8 Å². The molecule has 1 saturated carbocycles. The highest BCUT2D eigenvalue weighted by Gasteiger charge is 2.48. The highest BCUT2D eigenvalue weighted by Crippen LogP contribution is 2.40. The number of rotatable bonds is 4. The first-order valence-corrected chi connectivity index (χ1v) is 10.1. The number of aliphatic carboxylic acids is 1. The van der Waals surface area contributed by atoms with E-state index in [2.05, 4.69) is 0 Å². The Morgan fingerprint density at radius 1 is 1.29 bits per heavy atom. The van der Waals surface area contributed by atoms with Gasteiger partial charge in [0.25, 0.3) is 5.91 Å². The predicted molar refractivity (Wildman–Crippen MR) is 85.2 cm³/mol. The van der Waals surface area contributed by atoms with Crippen LogP contribution in [-0.4, -0.2) is 48.6 Å². The third-order valence-electron chi connectivity index (χ3n) is 4.88. The molecule has 1 aliphatic heterocycles. The van der Waals surface area contributed by atoms with E-state index in [0.29, 0.717) is 6.42 Å².